The zero-order valence-electron chi connectivity index (χ0n) is 16.0. The molecule has 0 aliphatic heterocycles. The smallest absolute Gasteiger partial charge is 0.227 e. The van der Waals surface area contributed by atoms with Crippen LogP contribution in [0.15, 0.2) is 12.1 Å². The monoisotopic (exact) mass is 333 g/mol. The predicted molar refractivity (Wildman–Crippen MR) is 103 cm³/mol. The van der Waals surface area contributed by atoms with Crippen LogP contribution in [0.4, 0.5) is 5.69 Å². The number of aliphatic hydroxyl groups is 1. The van der Waals surface area contributed by atoms with E-state index < -0.39 is 0 Å². The second-order valence-corrected chi connectivity index (χ2v) is 6.69. The normalized spacial score (nSPS) is 10.9. The zero-order chi connectivity index (χ0) is 17.9. The van der Waals surface area contributed by atoms with E-state index >= 15 is 0 Å². The van der Waals surface area contributed by atoms with Gasteiger partial charge in [0.25, 0.3) is 0 Å². The first kappa shape index (κ1) is 20.7. The lowest BCUT2D eigenvalue weighted by Gasteiger charge is -2.26. The van der Waals surface area contributed by atoms with Gasteiger partial charge in [-0.2, -0.15) is 0 Å². The van der Waals surface area contributed by atoms with Gasteiger partial charge in [-0.25, -0.2) is 0 Å². The van der Waals surface area contributed by atoms with Crippen molar-refractivity contribution in [1.82, 2.24) is 0 Å². The highest BCUT2D eigenvalue weighted by molar-refractivity contribution is 5.94. The van der Waals surface area contributed by atoms with Gasteiger partial charge < -0.3 is 10.0 Å². The minimum atomic E-state index is -0.00167. The van der Waals surface area contributed by atoms with Crippen LogP contribution in [0.2, 0.25) is 0 Å². The number of aliphatic hydroxyl groups excluding tert-OH is 1. The zero-order valence-corrected chi connectivity index (χ0v) is 16.0. The van der Waals surface area contributed by atoms with Crippen molar-refractivity contribution in [3.8, 4) is 0 Å². The van der Waals surface area contributed by atoms with E-state index in [0.29, 0.717) is 13.0 Å². The van der Waals surface area contributed by atoms with Crippen LogP contribution in [-0.2, 0) is 11.2 Å². The topological polar surface area (TPSA) is 40.5 Å². The fourth-order valence-corrected chi connectivity index (χ4v) is 3.16. The lowest BCUT2D eigenvalue weighted by Crippen LogP contribution is -2.34. The maximum Gasteiger partial charge on any atom is 0.227 e. The quantitative estimate of drug-likeness (QED) is 0.583. The number of carbonyl (C=O) groups is 1. The van der Waals surface area contributed by atoms with Crippen molar-refractivity contribution >= 4 is 11.6 Å². The Hall–Kier alpha value is -1.35. The number of benzene rings is 1. The van der Waals surface area contributed by atoms with Crippen LogP contribution in [0.3, 0.4) is 0 Å². The summed E-state index contributed by atoms with van der Waals surface area (Å²) in [6.07, 6.45) is 8.60. The van der Waals surface area contributed by atoms with Crippen molar-refractivity contribution in [2.75, 3.05) is 18.1 Å². The molecule has 0 aliphatic rings. The van der Waals surface area contributed by atoms with Crippen molar-refractivity contribution in [3.05, 3.63) is 28.8 Å². The first-order valence-electron chi connectivity index (χ1n) is 9.57. The molecule has 0 heterocycles. The van der Waals surface area contributed by atoms with E-state index in [0.717, 1.165) is 24.9 Å². The molecule has 0 fully saturated rings. The summed E-state index contributed by atoms with van der Waals surface area (Å²) in [5.74, 6) is 0.113. The molecule has 1 aromatic rings. The molecule has 0 spiro atoms. The minimum absolute atomic E-state index is 0.00167. The number of aryl methyl sites for hydroxylation is 1. The number of hydrogen-bond acceptors (Lipinski definition) is 2. The molecule has 1 amide bonds. The van der Waals surface area contributed by atoms with Gasteiger partial charge in [0.15, 0.2) is 0 Å². The first-order chi connectivity index (χ1) is 11.6. The summed E-state index contributed by atoms with van der Waals surface area (Å²) in [5.41, 5.74) is 4.84. The molecule has 0 radical (unpaired) electrons. The van der Waals surface area contributed by atoms with E-state index in [9.17, 15) is 9.90 Å². The van der Waals surface area contributed by atoms with E-state index in [-0.39, 0.29) is 12.5 Å². The van der Waals surface area contributed by atoms with Crippen LogP contribution in [0, 0.1) is 13.8 Å². The summed E-state index contributed by atoms with van der Waals surface area (Å²) in [5, 5.41) is 9.41. The number of hydrogen-bond donors (Lipinski definition) is 1. The molecule has 0 aliphatic carbocycles. The molecular formula is C21H35NO2. The highest BCUT2D eigenvalue weighted by Gasteiger charge is 2.19. The molecule has 0 atom stereocenters. The summed E-state index contributed by atoms with van der Waals surface area (Å²) in [4.78, 5) is 14.3. The standard InChI is InChI=1S/C21H35NO2/c1-5-7-8-9-10-12-19-18(4)17(3)13-14-20(19)22(15-16-23)21(24)11-6-2/h13-14,23H,5-12,15-16H2,1-4H3. The second kappa shape index (κ2) is 11.2. The van der Waals surface area contributed by atoms with Crippen LogP contribution in [-0.4, -0.2) is 24.2 Å². The van der Waals surface area contributed by atoms with Gasteiger partial charge in [-0.05, 0) is 55.9 Å². The van der Waals surface area contributed by atoms with Gasteiger partial charge in [0.1, 0.15) is 0 Å². The van der Waals surface area contributed by atoms with E-state index in [1.54, 1.807) is 4.90 Å². The van der Waals surface area contributed by atoms with Crippen LogP contribution >= 0.6 is 0 Å². The summed E-state index contributed by atoms with van der Waals surface area (Å²) in [6, 6.07) is 4.15. The SMILES string of the molecule is CCCCCCCc1c(N(CCO)C(=O)CCC)ccc(C)c1C. The minimum Gasteiger partial charge on any atom is -0.395 e. The third-order valence-electron chi connectivity index (χ3n) is 4.75. The molecule has 3 heteroatoms. The number of carbonyl (C=O) groups excluding carboxylic acids is 1. The summed E-state index contributed by atoms with van der Waals surface area (Å²) >= 11 is 0. The first-order valence-corrected chi connectivity index (χ1v) is 9.57. The molecule has 136 valence electrons. The Morgan fingerprint density at radius 1 is 1.04 bits per heavy atom. The largest absolute Gasteiger partial charge is 0.395 e. The molecule has 0 saturated carbocycles. The molecule has 0 unspecified atom stereocenters. The Bertz CT molecular complexity index is 511. The second-order valence-electron chi connectivity index (χ2n) is 6.69. The lowest BCUT2D eigenvalue weighted by molar-refractivity contribution is -0.118. The van der Waals surface area contributed by atoms with Gasteiger partial charge >= 0.3 is 0 Å². The van der Waals surface area contributed by atoms with Gasteiger partial charge in [-0.1, -0.05) is 45.6 Å². The Morgan fingerprint density at radius 2 is 1.75 bits per heavy atom. The van der Waals surface area contributed by atoms with Crippen molar-refractivity contribution in [2.24, 2.45) is 0 Å². The fourth-order valence-electron chi connectivity index (χ4n) is 3.16. The average molecular weight is 334 g/mol. The average Bonchev–Trinajstić information content (AvgIpc) is 2.57. The predicted octanol–water partition coefficient (Wildman–Crippen LogP) is 4.94. The molecule has 0 bridgehead atoms. The number of anilines is 1. The third kappa shape index (κ3) is 5.94. The van der Waals surface area contributed by atoms with Gasteiger partial charge in [0.05, 0.1) is 6.61 Å². The molecular weight excluding hydrogens is 298 g/mol. The van der Waals surface area contributed by atoms with Gasteiger partial charge in [-0.3, -0.25) is 4.79 Å². The fraction of sp³-hybridized carbons (Fsp3) is 0.667. The Kier molecular flexibility index (Phi) is 9.70. The molecule has 0 aromatic heterocycles. The molecule has 1 rings (SSSR count). The van der Waals surface area contributed by atoms with Crippen molar-refractivity contribution in [1.29, 1.82) is 0 Å². The number of rotatable bonds is 11. The summed E-state index contributed by atoms with van der Waals surface area (Å²) < 4.78 is 0. The van der Waals surface area contributed by atoms with Crippen molar-refractivity contribution < 1.29 is 9.90 Å². The van der Waals surface area contributed by atoms with E-state index in [1.807, 2.05) is 6.92 Å². The molecule has 1 aromatic carbocycles. The maximum absolute atomic E-state index is 12.5. The number of amides is 1. The summed E-state index contributed by atoms with van der Waals surface area (Å²) in [7, 11) is 0. The Morgan fingerprint density at radius 3 is 2.38 bits per heavy atom. The van der Waals surface area contributed by atoms with Gasteiger partial charge in [0, 0.05) is 18.7 Å². The van der Waals surface area contributed by atoms with E-state index in [1.165, 1.54) is 42.4 Å². The van der Waals surface area contributed by atoms with Crippen LogP contribution in [0.1, 0.15) is 75.5 Å². The highest BCUT2D eigenvalue weighted by Crippen LogP contribution is 2.29. The number of unbranched alkanes of at least 4 members (excludes halogenated alkanes) is 4. The van der Waals surface area contributed by atoms with Crippen molar-refractivity contribution in [3.63, 3.8) is 0 Å². The Balaban J connectivity index is 3.01. The van der Waals surface area contributed by atoms with Crippen LogP contribution in [0.5, 0.6) is 0 Å². The van der Waals surface area contributed by atoms with E-state index in [4.69, 9.17) is 0 Å². The lowest BCUT2D eigenvalue weighted by atomic mass is 9.95. The van der Waals surface area contributed by atoms with Crippen LogP contribution < -0.4 is 4.90 Å². The van der Waals surface area contributed by atoms with Gasteiger partial charge in [0.2, 0.25) is 5.91 Å². The molecule has 0 saturated heterocycles. The number of nitrogens with zero attached hydrogens (tertiary/aromatic N) is 1. The molecule has 24 heavy (non-hydrogen) atoms. The van der Waals surface area contributed by atoms with Gasteiger partial charge in [-0.15, -0.1) is 0 Å². The maximum atomic E-state index is 12.5. The molecule has 1 N–H and O–H groups in total. The summed E-state index contributed by atoms with van der Waals surface area (Å²) in [6.45, 7) is 8.91. The van der Waals surface area contributed by atoms with E-state index in [2.05, 4.69) is 32.9 Å². The van der Waals surface area contributed by atoms with Crippen molar-refractivity contribution in [2.45, 2.75) is 79.1 Å². The molecule has 3 nitrogen and oxygen atoms in total. The highest BCUT2D eigenvalue weighted by atomic mass is 16.3. The van der Waals surface area contributed by atoms with Crippen LogP contribution in [0.25, 0.3) is 0 Å². The third-order valence-corrected chi connectivity index (χ3v) is 4.75. The Labute approximate surface area is 148 Å².